The van der Waals surface area contributed by atoms with Gasteiger partial charge in [-0.2, -0.15) is 0 Å². The summed E-state index contributed by atoms with van der Waals surface area (Å²) in [6.07, 6.45) is 7.17. The Hall–Kier alpha value is -3.86. The van der Waals surface area contributed by atoms with E-state index in [0.29, 0.717) is 16.6 Å². The summed E-state index contributed by atoms with van der Waals surface area (Å²) in [7, 11) is -4.59. The average molecular weight is 498 g/mol. The van der Waals surface area contributed by atoms with E-state index in [1.807, 2.05) is 4.57 Å². The van der Waals surface area contributed by atoms with Crippen LogP contribution in [0, 0.1) is 11.6 Å². The number of sulfonamides is 1. The highest BCUT2D eigenvalue weighted by molar-refractivity contribution is 7.92. The third kappa shape index (κ3) is 4.12. The zero-order valence-corrected chi connectivity index (χ0v) is 19.2. The Balaban J connectivity index is 1.53. The van der Waals surface area contributed by atoms with E-state index in [2.05, 4.69) is 14.7 Å². The molecule has 4 aromatic rings. The maximum absolute atomic E-state index is 14.1. The number of anilines is 2. The number of nitrogens with two attached hydrogens (primary N) is 1. The Labute approximate surface area is 199 Å². The molecule has 180 valence electrons. The van der Waals surface area contributed by atoms with E-state index < -0.39 is 32.3 Å². The highest BCUT2D eigenvalue weighted by atomic mass is 32.2. The molecule has 0 radical (unpaired) electrons. The van der Waals surface area contributed by atoms with Crippen molar-refractivity contribution in [2.24, 2.45) is 0 Å². The van der Waals surface area contributed by atoms with Crippen LogP contribution in [0.2, 0.25) is 0 Å². The molecule has 0 spiro atoms. The Bertz CT molecular complexity index is 1540. The molecule has 0 atom stereocenters. The fourth-order valence-corrected chi connectivity index (χ4v) is 5.76. The van der Waals surface area contributed by atoms with E-state index in [1.165, 1.54) is 30.6 Å². The lowest BCUT2D eigenvalue weighted by atomic mass is 10.0. The second kappa shape index (κ2) is 8.73. The molecule has 1 fully saturated rings. The molecule has 1 aliphatic rings. The molecule has 3 N–H and O–H groups in total. The van der Waals surface area contributed by atoms with Crippen molar-refractivity contribution in [3.63, 3.8) is 0 Å². The number of nitrogens with zero attached hydrogens (tertiary/aromatic N) is 3. The summed E-state index contributed by atoms with van der Waals surface area (Å²) < 4.78 is 57.5. The number of nitrogen functional groups attached to an aromatic ring is 1. The predicted octanol–water partition coefficient (Wildman–Crippen LogP) is 4.44. The number of carbonyl (C=O) groups is 1. The fourth-order valence-electron chi connectivity index (χ4n) is 4.57. The minimum Gasteiger partial charge on any atom is -0.383 e. The third-order valence-electron chi connectivity index (χ3n) is 6.17. The number of hydrogen-bond donors (Lipinski definition) is 2. The van der Waals surface area contributed by atoms with Crippen molar-refractivity contribution in [2.75, 3.05) is 10.5 Å². The largest absolute Gasteiger partial charge is 0.383 e. The second-order valence-electron chi connectivity index (χ2n) is 8.41. The normalized spacial score (nSPS) is 14.5. The smallest absolute Gasteiger partial charge is 0.267 e. The van der Waals surface area contributed by atoms with Gasteiger partial charge in [-0.15, -0.1) is 0 Å². The third-order valence-corrected chi connectivity index (χ3v) is 7.60. The van der Waals surface area contributed by atoms with Crippen LogP contribution in [-0.4, -0.2) is 28.7 Å². The lowest BCUT2D eigenvalue weighted by Gasteiger charge is -2.12. The molecule has 2 aromatic carbocycles. The van der Waals surface area contributed by atoms with Crippen molar-refractivity contribution < 1.29 is 22.0 Å². The van der Waals surface area contributed by atoms with Gasteiger partial charge in [0.2, 0.25) is 0 Å². The van der Waals surface area contributed by atoms with Gasteiger partial charge in [-0.3, -0.25) is 9.52 Å². The number of aromatic nitrogens is 3. The van der Waals surface area contributed by atoms with Gasteiger partial charge in [-0.25, -0.2) is 27.2 Å². The van der Waals surface area contributed by atoms with Crippen molar-refractivity contribution in [1.29, 1.82) is 0 Å². The monoisotopic (exact) mass is 497 g/mol. The molecular weight excluding hydrogens is 476 g/mol. The Morgan fingerprint density at radius 1 is 1.06 bits per heavy atom. The molecule has 5 rings (SSSR count). The van der Waals surface area contributed by atoms with Crippen molar-refractivity contribution >= 4 is 38.3 Å². The summed E-state index contributed by atoms with van der Waals surface area (Å²) in [4.78, 5) is 20.8. The van der Waals surface area contributed by atoms with Crippen LogP contribution in [0.25, 0.3) is 11.0 Å². The number of halogens is 2. The molecule has 0 saturated heterocycles. The first-order chi connectivity index (χ1) is 16.8. The van der Waals surface area contributed by atoms with Crippen molar-refractivity contribution in [3.8, 4) is 0 Å². The molecular formula is C24H21F2N5O3S. The van der Waals surface area contributed by atoms with Crippen molar-refractivity contribution in [3.05, 3.63) is 77.8 Å². The van der Waals surface area contributed by atoms with Crippen molar-refractivity contribution in [1.82, 2.24) is 14.5 Å². The Kier molecular flexibility index (Phi) is 5.72. The number of ketones is 1. The molecule has 8 nitrogen and oxygen atoms in total. The maximum Gasteiger partial charge on any atom is 0.267 e. The van der Waals surface area contributed by atoms with Crippen LogP contribution in [0.4, 0.5) is 20.3 Å². The van der Waals surface area contributed by atoms with Gasteiger partial charge in [-0.05, 0) is 37.1 Å². The lowest BCUT2D eigenvalue weighted by molar-refractivity contribution is 0.104. The summed E-state index contributed by atoms with van der Waals surface area (Å²) in [5.41, 5.74) is 7.11. The zero-order valence-electron chi connectivity index (χ0n) is 18.4. The minimum atomic E-state index is -4.59. The highest BCUT2D eigenvalue weighted by Gasteiger charge is 2.27. The molecule has 35 heavy (non-hydrogen) atoms. The molecule has 0 aliphatic heterocycles. The van der Waals surface area contributed by atoms with Gasteiger partial charge >= 0.3 is 0 Å². The van der Waals surface area contributed by atoms with E-state index in [1.54, 1.807) is 6.20 Å². The molecule has 2 heterocycles. The number of fused-ring (bicyclic) bond motifs is 1. The van der Waals surface area contributed by atoms with Crippen LogP contribution in [0.3, 0.4) is 0 Å². The van der Waals surface area contributed by atoms with Crippen LogP contribution < -0.4 is 10.5 Å². The van der Waals surface area contributed by atoms with Gasteiger partial charge in [0.25, 0.3) is 10.0 Å². The van der Waals surface area contributed by atoms with Gasteiger partial charge in [0.15, 0.2) is 10.7 Å². The van der Waals surface area contributed by atoms with Gasteiger partial charge in [0, 0.05) is 23.5 Å². The van der Waals surface area contributed by atoms with E-state index >= 15 is 0 Å². The molecule has 2 aromatic heterocycles. The SMILES string of the molecule is Nc1ncnc2c1c(C(=O)c1cccc(NS(=O)(=O)c3c(F)cccc3F)c1)cn2C1CCCC1. The van der Waals surface area contributed by atoms with E-state index in [4.69, 9.17) is 5.73 Å². The summed E-state index contributed by atoms with van der Waals surface area (Å²) >= 11 is 0. The van der Waals surface area contributed by atoms with Crippen LogP contribution >= 0.6 is 0 Å². The molecule has 11 heteroatoms. The molecule has 1 saturated carbocycles. The van der Waals surface area contributed by atoms with Crippen LogP contribution in [-0.2, 0) is 10.0 Å². The van der Waals surface area contributed by atoms with E-state index in [9.17, 15) is 22.0 Å². The minimum absolute atomic E-state index is 0.0257. The lowest BCUT2D eigenvalue weighted by Crippen LogP contribution is -2.16. The average Bonchev–Trinajstić information content (AvgIpc) is 3.47. The zero-order chi connectivity index (χ0) is 24.7. The maximum atomic E-state index is 14.1. The van der Waals surface area contributed by atoms with E-state index in [0.717, 1.165) is 43.9 Å². The first-order valence-electron chi connectivity index (χ1n) is 11.0. The molecule has 0 bridgehead atoms. The fraction of sp³-hybridized carbons (Fsp3) is 0.208. The number of carbonyl (C=O) groups excluding carboxylic acids is 1. The second-order valence-corrected chi connectivity index (χ2v) is 10.0. The number of nitrogens with one attached hydrogen (secondary N) is 1. The standard InChI is InChI=1S/C24H21F2N5O3S/c25-18-9-4-10-19(26)22(18)35(33,34)30-15-6-3-5-14(11-15)21(32)17-12-31(16-7-1-2-8-16)24-20(17)23(27)28-13-29-24/h3-6,9-13,16,30H,1-2,7-8H2,(H2,27,28,29). The van der Waals surface area contributed by atoms with Gasteiger partial charge < -0.3 is 10.3 Å². The van der Waals surface area contributed by atoms with Crippen LogP contribution in [0.5, 0.6) is 0 Å². The molecule has 0 amide bonds. The summed E-state index contributed by atoms with van der Waals surface area (Å²) in [6.45, 7) is 0. The number of rotatable bonds is 6. The van der Waals surface area contributed by atoms with E-state index in [-0.39, 0.29) is 23.1 Å². The number of benzene rings is 2. The summed E-state index contributed by atoms with van der Waals surface area (Å²) in [5.74, 6) is -2.69. The van der Waals surface area contributed by atoms with Gasteiger partial charge in [0.1, 0.15) is 29.4 Å². The Morgan fingerprint density at radius 3 is 2.46 bits per heavy atom. The number of hydrogen-bond acceptors (Lipinski definition) is 6. The van der Waals surface area contributed by atoms with Crippen LogP contribution in [0.1, 0.15) is 47.6 Å². The quantitative estimate of drug-likeness (QED) is 0.380. The summed E-state index contributed by atoms with van der Waals surface area (Å²) in [6, 6.07) is 8.64. The first kappa shape index (κ1) is 22.9. The highest BCUT2D eigenvalue weighted by Crippen LogP contribution is 2.35. The molecule has 1 aliphatic carbocycles. The Morgan fingerprint density at radius 2 is 1.74 bits per heavy atom. The van der Waals surface area contributed by atoms with Crippen molar-refractivity contribution in [2.45, 2.75) is 36.6 Å². The van der Waals surface area contributed by atoms with Crippen LogP contribution in [0.15, 0.2) is 59.9 Å². The molecule has 0 unspecified atom stereocenters. The topological polar surface area (TPSA) is 120 Å². The van der Waals surface area contributed by atoms with Gasteiger partial charge in [-0.1, -0.05) is 31.0 Å². The predicted molar refractivity (Wildman–Crippen MR) is 126 cm³/mol. The van der Waals surface area contributed by atoms with Gasteiger partial charge in [0.05, 0.1) is 10.9 Å². The first-order valence-corrected chi connectivity index (χ1v) is 12.5. The summed E-state index contributed by atoms with van der Waals surface area (Å²) in [5, 5.41) is 0.434.